The highest BCUT2D eigenvalue weighted by molar-refractivity contribution is 7.89. The number of rotatable bonds is 5. The van der Waals surface area contributed by atoms with E-state index in [1.807, 2.05) is 4.72 Å². The predicted octanol–water partition coefficient (Wildman–Crippen LogP) is 2.13. The second kappa shape index (κ2) is 5.88. The van der Waals surface area contributed by atoms with Crippen LogP contribution in [0.15, 0.2) is 40.6 Å². The van der Waals surface area contributed by atoms with Gasteiger partial charge in [0.25, 0.3) is 0 Å². The van der Waals surface area contributed by atoms with E-state index in [2.05, 4.69) is 0 Å². The molecule has 0 aliphatic heterocycles. The van der Waals surface area contributed by atoms with E-state index in [1.54, 1.807) is 11.4 Å². The lowest BCUT2D eigenvalue weighted by molar-refractivity contribution is -0.139. The number of hydrogen-bond donors (Lipinski definition) is 2. The molecule has 21 heavy (non-hydrogen) atoms. The maximum absolute atomic E-state index is 13.1. The lowest BCUT2D eigenvalue weighted by Gasteiger charge is -2.13. The van der Waals surface area contributed by atoms with Crippen LogP contribution in [0.4, 0.5) is 8.78 Å². The standard InChI is InChI=1S/C12H9F2NO4S2/c13-7-4-8(14)6-9(5-7)21(18,19)15-11(12(16)17)10-2-1-3-20-10/h1-6,11,15H,(H,16,17). The van der Waals surface area contributed by atoms with Crippen molar-refractivity contribution < 1.29 is 27.1 Å². The second-order valence-corrected chi connectivity index (χ2v) is 6.71. The average Bonchev–Trinajstić information content (AvgIpc) is 2.88. The van der Waals surface area contributed by atoms with Gasteiger partial charge in [-0.2, -0.15) is 4.72 Å². The predicted molar refractivity (Wildman–Crippen MR) is 71.4 cm³/mol. The first kappa shape index (κ1) is 15.5. The summed E-state index contributed by atoms with van der Waals surface area (Å²) in [6, 6.07) is 3.22. The monoisotopic (exact) mass is 333 g/mol. The Morgan fingerprint density at radius 3 is 2.33 bits per heavy atom. The topological polar surface area (TPSA) is 83.5 Å². The average molecular weight is 333 g/mol. The molecule has 2 N–H and O–H groups in total. The van der Waals surface area contributed by atoms with Gasteiger partial charge in [-0.05, 0) is 23.6 Å². The lowest BCUT2D eigenvalue weighted by atomic mass is 10.3. The van der Waals surface area contributed by atoms with Crippen LogP contribution in [-0.4, -0.2) is 19.5 Å². The molecule has 0 radical (unpaired) electrons. The van der Waals surface area contributed by atoms with Crippen molar-refractivity contribution in [1.82, 2.24) is 4.72 Å². The van der Waals surface area contributed by atoms with Crippen LogP contribution in [0.2, 0.25) is 0 Å². The zero-order valence-electron chi connectivity index (χ0n) is 10.3. The number of thiophene rings is 1. The molecule has 0 spiro atoms. The van der Waals surface area contributed by atoms with E-state index in [1.165, 1.54) is 6.07 Å². The van der Waals surface area contributed by atoms with E-state index in [9.17, 15) is 22.0 Å². The second-order valence-electron chi connectivity index (χ2n) is 4.01. The van der Waals surface area contributed by atoms with Crippen LogP contribution in [0.1, 0.15) is 10.9 Å². The molecule has 9 heteroatoms. The molecule has 0 fully saturated rings. The molecule has 1 atom stereocenters. The minimum Gasteiger partial charge on any atom is -0.480 e. The molecular formula is C12H9F2NO4S2. The molecule has 1 aromatic carbocycles. The molecule has 1 aromatic heterocycles. The van der Waals surface area contributed by atoms with Crippen LogP contribution in [0.3, 0.4) is 0 Å². The van der Waals surface area contributed by atoms with Gasteiger partial charge in [-0.1, -0.05) is 6.07 Å². The van der Waals surface area contributed by atoms with Gasteiger partial charge in [0, 0.05) is 10.9 Å². The molecule has 2 aromatic rings. The van der Waals surface area contributed by atoms with Gasteiger partial charge in [0.05, 0.1) is 4.90 Å². The van der Waals surface area contributed by atoms with Crippen LogP contribution >= 0.6 is 11.3 Å². The number of nitrogens with one attached hydrogen (secondary N) is 1. The summed E-state index contributed by atoms with van der Waals surface area (Å²) in [6.07, 6.45) is 0. The molecule has 2 rings (SSSR count). The Morgan fingerprint density at radius 1 is 1.24 bits per heavy atom. The van der Waals surface area contributed by atoms with Crippen LogP contribution in [0.5, 0.6) is 0 Å². The molecule has 0 saturated heterocycles. The van der Waals surface area contributed by atoms with Crippen molar-refractivity contribution in [1.29, 1.82) is 0 Å². The summed E-state index contributed by atoms with van der Waals surface area (Å²) in [4.78, 5) is 10.7. The van der Waals surface area contributed by atoms with E-state index in [0.29, 0.717) is 18.2 Å². The fourth-order valence-corrected chi connectivity index (χ4v) is 3.64. The number of carboxylic acid groups (broad SMARTS) is 1. The number of sulfonamides is 1. The molecule has 0 aliphatic carbocycles. The van der Waals surface area contributed by atoms with E-state index in [0.717, 1.165) is 11.3 Å². The Morgan fingerprint density at radius 2 is 1.86 bits per heavy atom. The van der Waals surface area contributed by atoms with Crippen LogP contribution < -0.4 is 4.72 Å². The largest absolute Gasteiger partial charge is 0.480 e. The quantitative estimate of drug-likeness (QED) is 0.878. The SMILES string of the molecule is O=C(O)C(NS(=O)(=O)c1cc(F)cc(F)c1)c1cccs1. The third kappa shape index (κ3) is 3.63. The van der Waals surface area contributed by atoms with E-state index < -0.39 is 38.6 Å². The highest BCUT2D eigenvalue weighted by Gasteiger charge is 2.28. The Labute approximate surface area is 122 Å². The minimum absolute atomic E-state index is 0.253. The number of aliphatic carboxylic acids is 1. The van der Waals surface area contributed by atoms with Crippen LogP contribution in [0.25, 0.3) is 0 Å². The first-order chi connectivity index (χ1) is 9.79. The van der Waals surface area contributed by atoms with Gasteiger partial charge < -0.3 is 5.11 Å². The number of hydrogen-bond acceptors (Lipinski definition) is 4. The van der Waals surface area contributed by atoms with Crippen molar-refractivity contribution in [2.24, 2.45) is 0 Å². The van der Waals surface area contributed by atoms with Gasteiger partial charge in [0.1, 0.15) is 11.6 Å². The maximum Gasteiger partial charge on any atom is 0.327 e. The third-order valence-corrected chi connectivity index (χ3v) is 4.83. The van der Waals surface area contributed by atoms with Gasteiger partial charge in [-0.15, -0.1) is 11.3 Å². The molecule has 1 heterocycles. The Bertz CT molecular complexity index is 739. The van der Waals surface area contributed by atoms with Gasteiger partial charge in [-0.25, -0.2) is 17.2 Å². The zero-order chi connectivity index (χ0) is 15.6. The summed E-state index contributed by atoms with van der Waals surface area (Å²) in [5, 5.41) is 10.7. The van der Waals surface area contributed by atoms with E-state index in [-0.39, 0.29) is 4.88 Å². The summed E-state index contributed by atoms with van der Waals surface area (Å²) in [6.45, 7) is 0. The maximum atomic E-state index is 13.1. The summed E-state index contributed by atoms with van der Waals surface area (Å²) < 4.78 is 52.2. The molecule has 0 saturated carbocycles. The Kier molecular flexibility index (Phi) is 4.35. The molecular weight excluding hydrogens is 324 g/mol. The molecule has 0 amide bonds. The van der Waals surface area contributed by atoms with Crippen molar-refractivity contribution >= 4 is 27.3 Å². The Hall–Kier alpha value is -1.84. The van der Waals surface area contributed by atoms with Crippen molar-refractivity contribution in [3.63, 3.8) is 0 Å². The van der Waals surface area contributed by atoms with Crippen molar-refractivity contribution in [2.45, 2.75) is 10.9 Å². The molecule has 1 unspecified atom stereocenters. The Balaban J connectivity index is 2.37. The molecule has 5 nitrogen and oxygen atoms in total. The lowest BCUT2D eigenvalue weighted by Crippen LogP contribution is -2.33. The van der Waals surface area contributed by atoms with Crippen LogP contribution in [-0.2, 0) is 14.8 Å². The fourth-order valence-electron chi connectivity index (χ4n) is 1.59. The van der Waals surface area contributed by atoms with E-state index in [4.69, 9.17) is 5.11 Å². The summed E-state index contributed by atoms with van der Waals surface area (Å²) in [5.41, 5.74) is 0. The van der Waals surface area contributed by atoms with Gasteiger partial charge in [0.2, 0.25) is 10.0 Å². The first-order valence-corrected chi connectivity index (χ1v) is 7.90. The smallest absolute Gasteiger partial charge is 0.327 e. The molecule has 112 valence electrons. The third-order valence-electron chi connectivity index (χ3n) is 2.49. The summed E-state index contributed by atoms with van der Waals surface area (Å²) in [7, 11) is -4.38. The fraction of sp³-hybridized carbons (Fsp3) is 0.0833. The number of benzene rings is 1. The highest BCUT2D eigenvalue weighted by atomic mass is 32.2. The number of halogens is 2. The van der Waals surface area contributed by atoms with Gasteiger partial charge in [-0.3, -0.25) is 4.79 Å². The highest BCUT2D eigenvalue weighted by Crippen LogP contribution is 2.22. The van der Waals surface area contributed by atoms with Crippen LogP contribution in [0, 0.1) is 11.6 Å². The first-order valence-electron chi connectivity index (χ1n) is 5.54. The summed E-state index contributed by atoms with van der Waals surface area (Å²) >= 11 is 1.05. The zero-order valence-corrected chi connectivity index (χ0v) is 11.9. The summed E-state index contributed by atoms with van der Waals surface area (Å²) in [5.74, 6) is -3.56. The van der Waals surface area contributed by atoms with Gasteiger partial charge in [0.15, 0.2) is 6.04 Å². The minimum atomic E-state index is -4.38. The van der Waals surface area contributed by atoms with Crippen molar-refractivity contribution in [3.8, 4) is 0 Å². The van der Waals surface area contributed by atoms with Crippen molar-refractivity contribution in [3.05, 3.63) is 52.2 Å². The normalized spacial score (nSPS) is 13.0. The van der Waals surface area contributed by atoms with Crippen molar-refractivity contribution in [2.75, 3.05) is 0 Å². The van der Waals surface area contributed by atoms with Gasteiger partial charge >= 0.3 is 5.97 Å². The number of carboxylic acids is 1. The molecule has 0 bridgehead atoms. The molecule has 0 aliphatic rings. The van der Waals surface area contributed by atoms with E-state index >= 15 is 0 Å². The number of carbonyl (C=O) groups is 1.